The van der Waals surface area contributed by atoms with Crippen LogP contribution in [0.25, 0.3) is 0 Å². The Hall–Kier alpha value is -0.860. The van der Waals surface area contributed by atoms with E-state index in [2.05, 4.69) is 43.9 Å². The normalized spacial score (nSPS) is 19.1. The topological polar surface area (TPSA) is 23.5 Å². The highest BCUT2D eigenvalue weighted by Crippen LogP contribution is 2.28. The van der Waals surface area contributed by atoms with Crippen molar-refractivity contribution in [3.05, 3.63) is 34.9 Å². The van der Waals surface area contributed by atoms with Gasteiger partial charge in [-0.3, -0.25) is 4.90 Å². The number of nitrogens with zero attached hydrogens (tertiary/aromatic N) is 1. The Balaban J connectivity index is 1.96. The van der Waals surface area contributed by atoms with Gasteiger partial charge in [-0.2, -0.15) is 0 Å². The van der Waals surface area contributed by atoms with Gasteiger partial charge in [0.2, 0.25) is 0 Å². The van der Waals surface area contributed by atoms with Crippen molar-refractivity contribution in [1.29, 1.82) is 0 Å². The Kier molecular flexibility index (Phi) is 3.55. The Morgan fingerprint density at radius 1 is 1.24 bits per heavy atom. The van der Waals surface area contributed by atoms with Gasteiger partial charge >= 0.3 is 0 Å². The lowest BCUT2D eigenvalue weighted by Gasteiger charge is -2.47. The van der Waals surface area contributed by atoms with Crippen molar-refractivity contribution in [3.63, 3.8) is 0 Å². The monoisotopic (exact) mass is 233 g/mol. The summed E-state index contributed by atoms with van der Waals surface area (Å²) < 4.78 is 0. The first-order chi connectivity index (χ1) is 8.04. The zero-order valence-electron chi connectivity index (χ0n) is 11.2. The number of β-amino-alcohol motifs (C(OH)–C–C–N with tert-alkyl or cyclic N) is 1. The molecule has 0 atom stereocenters. The van der Waals surface area contributed by atoms with Crippen LogP contribution in [0.3, 0.4) is 0 Å². The van der Waals surface area contributed by atoms with Crippen molar-refractivity contribution in [3.8, 4) is 0 Å². The van der Waals surface area contributed by atoms with Gasteiger partial charge in [-0.15, -0.1) is 0 Å². The fraction of sp³-hybridized carbons (Fsp3) is 0.600. The lowest BCUT2D eigenvalue weighted by atomic mass is 9.88. The molecule has 0 unspecified atom stereocenters. The standard InChI is InChI=1S/C15H23NO/c1-4-8-15(17)10-16(11-15)9-14-12(2)6-5-7-13(14)3/h5-7,17H,4,8-11H2,1-3H3. The summed E-state index contributed by atoms with van der Waals surface area (Å²) in [6, 6.07) is 6.44. The van der Waals surface area contributed by atoms with Gasteiger partial charge in [0, 0.05) is 19.6 Å². The van der Waals surface area contributed by atoms with E-state index in [1.54, 1.807) is 0 Å². The van der Waals surface area contributed by atoms with E-state index in [1.165, 1.54) is 16.7 Å². The first kappa shape index (κ1) is 12.6. The van der Waals surface area contributed by atoms with Crippen LogP contribution >= 0.6 is 0 Å². The molecule has 1 aromatic rings. The molecule has 0 amide bonds. The van der Waals surface area contributed by atoms with Crippen LogP contribution in [-0.4, -0.2) is 28.7 Å². The number of aliphatic hydroxyl groups is 1. The summed E-state index contributed by atoms with van der Waals surface area (Å²) >= 11 is 0. The second-order valence-electron chi connectivity index (χ2n) is 5.49. The van der Waals surface area contributed by atoms with Crippen LogP contribution in [0.4, 0.5) is 0 Å². The van der Waals surface area contributed by atoms with Gasteiger partial charge in [-0.25, -0.2) is 0 Å². The number of rotatable bonds is 4. The molecule has 0 saturated carbocycles. The summed E-state index contributed by atoms with van der Waals surface area (Å²) in [6.45, 7) is 9.10. The van der Waals surface area contributed by atoms with Gasteiger partial charge in [0.15, 0.2) is 0 Å². The third-order valence-corrected chi connectivity index (χ3v) is 3.78. The maximum atomic E-state index is 10.2. The summed E-state index contributed by atoms with van der Waals surface area (Å²) in [6.07, 6.45) is 1.99. The minimum absolute atomic E-state index is 0.411. The van der Waals surface area contributed by atoms with Crippen LogP contribution < -0.4 is 0 Å². The van der Waals surface area contributed by atoms with E-state index in [1.807, 2.05) is 0 Å². The van der Waals surface area contributed by atoms with Crippen molar-refractivity contribution in [2.45, 2.75) is 45.8 Å². The van der Waals surface area contributed by atoms with Crippen LogP contribution in [0, 0.1) is 13.8 Å². The van der Waals surface area contributed by atoms with E-state index in [0.717, 1.165) is 32.5 Å². The van der Waals surface area contributed by atoms with E-state index in [4.69, 9.17) is 0 Å². The van der Waals surface area contributed by atoms with Crippen LogP contribution in [0.2, 0.25) is 0 Å². The predicted octanol–water partition coefficient (Wildman–Crippen LogP) is 2.65. The van der Waals surface area contributed by atoms with Crippen LogP contribution in [0.5, 0.6) is 0 Å². The zero-order valence-corrected chi connectivity index (χ0v) is 11.2. The molecule has 1 aliphatic heterocycles. The third-order valence-electron chi connectivity index (χ3n) is 3.78. The van der Waals surface area contributed by atoms with Crippen LogP contribution in [-0.2, 0) is 6.54 Å². The Bertz CT molecular complexity index is 374. The van der Waals surface area contributed by atoms with Crippen molar-refractivity contribution < 1.29 is 5.11 Å². The lowest BCUT2D eigenvalue weighted by molar-refractivity contribution is -0.106. The first-order valence-electron chi connectivity index (χ1n) is 6.54. The molecule has 2 heteroatoms. The van der Waals surface area contributed by atoms with E-state index in [9.17, 15) is 5.11 Å². The van der Waals surface area contributed by atoms with Crippen LogP contribution in [0.1, 0.15) is 36.5 Å². The Morgan fingerprint density at radius 3 is 2.35 bits per heavy atom. The average Bonchev–Trinajstić information content (AvgIpc) is 2.21. The summed E-state index contributed by atoms with van der Waals surface area (Å²) in [5.41, 5.74) is 3.73. The molecule has 1 heterocycles. The summed E-state index contributed by atoms with van der Waals surface area (Å²) in [5, 5.41) is 10.2. The molecule has 0 bridgehead atoms. The number of hydrogen-bond donors (Lipinski definition) is 1. The minimum Gasteiger partial charge on any atom is -0.387 e. The smallest absolute Gasteiger partial charge is 0.0900 e. The van der Waals surface area contributed by atoms with Crippen LogP contribution in [0.15, 0.2) is 18.2 Å². The fourth-order valence-corrected chi connectivity index (χ4v) is 2.84. The molecule has 1 N–H and O–H groups in total. The van der Waals surface area contributed by atoms with E-state index >= 15 is 0 Å². The Morgan fingerprint density at radius 2 is 1.82 bits per heavy atom. The number of aryl methyl sites for hydroxylation is 2. The SMILES string of the molecule is CCCC1(O)CN(Cc2c(C)cccc2C)C1. The molecule has 0 radical (unpaired) electrons. The highest BCUT2D eigenvalue weighted by Gasteiger charge is 2.39. The quantitative estimate of drug-likeness (QED) is 0.864. The second-order valence-corrected chi connectivity index (χ2v) is 5.49. The Labute approximate surface area is 104 Å². The molecule has 0 aromatic heterocycles. The highest BCUT2D eigenvalue weighted by molar-refractivity contribution is 5.33. The van der Waals surface area contributed by atoms with Gasteiger partial charge in [-0.05, 0) is 37.0 Å². The molecule has 94 valence electrons. The molecule has 1 fully saturated rings. The van der Waals surface area contributed by atoms with E-state index < -0.39 is 5.60 Å². The van der Waals surface area contributed by atoms with Gasteiger partial charge < -0.3 is 5.11 Å². The maximum absolute atomic E-state index is 10.2. The van der Waals surface area contributed by atoms with Gasteiger partial charge in [0.05, 0.1) is 5.60 Å². The van der Waals surface area contributed by atoms with Crippen molar-refractivity contribution in [2.75, 3.05) is 13.1 Å². The highest BCUT2D eigenvalue weighted by atomic mass is 16.3. The summed E-state index contributed by atoms with van der Waals surface area (Å²) in [7, 11) is 0. The summed E-state index contributed by atoms with van der Waals surface area (Å²) in [4.78, 5) is 2.34. The van der Waals surface area contributed by atoms with Crippen molar-refractivity contribution >= 4 is 0 Å². The minimum atomic E-state index is -0.411. The molecule has 2 nitrogen and oxygen atoms in total. The van der Waals surface area contributed by atoms with Crippen molar-refractivity contribution in [1.82, 2.24) is 4.90 Å². The molecule has 0 aliphatic carbocycles. The second kappa shape index (κ2) is 4.79. The fourth-order valence-electron chi connectivity index (χ4n) is 2.84. The molecular weight excluding hydrogens is 210 g/mol. The number of hydrogen-bond acceptors (Lipinski definition) is 2. The molecule has 1 saturated heterocycles. The van der Waals surface area contributed by atoms with Gasteiger partial charge in [0.1, 0.15) is 0 Å². The average molecular weight is 233 g/mol. The molecule has 1 aliphatic rings. The van der Waals surface area contributed by atoms with E-state index in [0.29, 0.717) is 0 Å². The summed E-state index contributed by atoms with van der Waals surface area (Å²) in [5.74, 6) is 0. The molecular formula is C15H23NO. The molecule has 17 heavy (non-hydrogen) atoms. The largest absolute Gasteiger partial charge is 0.387 e. The number of benzene rings is 1. The van der Waals surface area contributed by atoms with Gasteiger partial charge in [-0.1, -0.05) is 31.5 Å². The first-order valence-corrected chi connectivity index (χ1v) is 6.54. The van der Waals surface area contributed by atoms with Gasteiger partial charge in [0.25, 0.3) is 0 Å². The number of likely N-dealkylation sites (tertiary alicyclic amines) is 1. The molecule has 0 spiro atoms. The zero-order chi connectivity index (χ0) is 12.5. The molecule has 2 rings (SSSR count). The maximum Gasteiger partial charge on any atom is 0.0900 e. The van der Waals surface area contributed by atoms with E-state index in [-0.39, 0.29) is 0 Å². The van der Waals surface area contributed by atoms with Crippen molar-refractivity contribution in [2.24, 2.45) is 0 Å². The lowest BCUT2D eigenvalue weighted by Crippen LogP contribution is -2.61. The molecule has 1 aromatic carbocycles. The predicted molar refractivity (Wildman–Crippen MR) is 71.1 cm³/mol. The third kappa shape index (κ3) is 2.70.